The molecule has 1 atom stereocenters. The van der Waals surface area contributed by atoms with E-state index in [1.807, 2.05) is 6.92 Å². The molecular weight excluding hydrogens is 226 g/mol. The Balaban J connectivity index is 2.29. The SMILES string of the molecule is Cc1ccc(S(=O)(=O)N2CCC(N)N2)cc1. The first kappa shape index (κ1) is 11.5. The van der Waals surface area contributed by atoms with Crippen molar-refractivity contribution in [2.75, 3.05) is 6.54 Å². The van der Waals surface area contributed by atoms with Crippen molar-refractivity contribution in [2.24, 2.45) is 5.73 Å². The van der Waals surface area contributed by atoms with E-state index >= 15 is 0 Å². The van der Waals surface area contributed by atoms with E-state index in [2.05, 4.69) is 5.43 Å². The van der Waals surface area contributed by atoms with Crippen LogP contribution in [0.2, 0.25) is 0 Å². The average molecular weight is 241 g/mol. The van der Waals surface area contributed by atoms with Gasteiger partial charge in [-0.15, -0.1) is 4.41 Å². The Bertz CT molecular complexity index is 469. The molecular formula is C10H15N3O2S. The Kier molecular flexibility index (Phi) is 2.98. The van der Waals surface area contributed by atoms with E-state index in [4.69, 9.17) is 5.73 Å². The molecule has 1 unspecified atom stereocenters. The molecule has 1 aliphatic heterocycles. The van der Waals surface area contributed by atoms with Crippen LogP contribution in [-0.4, -0.2) is 25.5 Å². The summed E-state index contributed by atoms with van der Waals surface area (Å²) in [5.41, 5.74) is 9.37. The van der Waals surface area contributed by atoms with E-state index in [1.165, 1.54) is 4.41 Å². The molecule has 0 amide bonds. The molecule has 5 nitrogen and oxygen atoms in total. The summed E-state index contributed by atoms with van der Waals surface area (Å²) in [6.07, 6.45) is 0.352. The normalized spacial score (nSPS) is 22.5. The van der Waals surface area contributed by atoms with Crippen molar-refractivity contribution >= 4 is 10.0 Å². The number of benzene rings is 1. The maximum atomic E-state index is 12.1. The molecule has 16 heavy (non-hydrogen) atoms. The first-order valence-corrected chi connectivity index (χ1v) is 6.55. The predicted octanol–water partition coefficient (Wildman–Crippen LogP) is 0.179. The van der Waals surface area contributed by atoms with E-state index in [0.29, 0.717) is 17.9 Å². The van der Waals surface area contributed by atoms with Gasteiger partial charge >= 0.3 is 0 Å². The van der Waals surface area contributed by atoms with E-state index in [-0.39, 0.29) is 6.17 Å². The largest absolute Gasteiger partial charge is 0.315 e. The fourth-order valence-electron chi connectivity index (χ4n) is 1.60. The van der Waals surface area contributed by atoms with Gasteiger partial charge in [0.2, 0.25) is 0 Å². The highest BCUT2D eigenvalue weighted by Gasteiger charge is 2.30. The topological polar surface area (TPSA) is 75.4 Å². The summed E-state index contributed by atoms with van der Waals surface area (Å²) in [5, 5.41) is 0. The smallest absolute Gasteiger partial charge is 0.255 e. The summed E-state index contributed by atoms with van der Waals surface area (Å²) in [6, 6.07) is 6.78. The lowest BCUT2D eigenvalue weighted by atomic mass is 10.2. The molecule has 1 aromatic carbocycles. The molecule has 0 aromatic heterocycles. The van der Waals surface area contributed by atoms with Gasteiger partial charge in [0.1, 0.15) is 0 Å². The van der Waals surface area contributed by atoms with Gasteiger partial charge in [0.15, 0.2) is 0 Å². The van der Waals surface area contributed by atoms with Crippen molar-refractivity contribution in [3.63, 3.8) is 0 Å². The van der Waals surface area contributed by atoms with E-state index < -0.39 is 10.0 Å². The molecule has 2 rings (SSSR count). The van der Waals surface area contributed by atoms with Crippen LogP contribution < -0.4 is 11.2 Å². The van der Waals surface area contributed by atoms with E-state index in [1.54, 1.807) is 24.3 Å². The quantitative estimate of drug-likeness (QED) is 0.774. The third kappa shape index (κ3) is 2.10. The van der Waals surface area contributed by atoms with Gasteiger partial charge in [-0.25, -0.2) is 13.8 Å². The molecule has 1 saturated heterocycles. The number of aryl methyl sites for hydroxylation is 1. The minimum atomic E-state index is -3.45. The minimum Gasteiger partial charge on any atom is -0.315 e. The third-order valence-electron chi connectivity index (χ3n) is 2.56. The van der Waals surface area contributed by atoms with Crippen LogP contribution in [0.15, 0.2) is 29.2 Å². The molecule has 0 saturated carbocycles. The summed E-state index contributed by atoms with van der Waals surface area (Å²) in [6.45, 7) is 2.33. The van der Waals surface area contributed by atoms with Crippen molar-refractivity contribution < 1.29 is 8.42 Å². The molecule has 0 aliphatic carbocycles. The number of hydrazine groups is 1. The monoisotopic (exact) mass is 241 g/mol. The zero-order chi connectivity index (χ0) is 11.8. The summed E-state index contributed by atoms with van der Waals surface area (Å²) < 4.78 is 25.4. The fourth-order valence-corrected chi connectivity index (χ4v) is 2.95. The average Bonchev–Trinajstić information content (AvgIpc) is 2.66. The van der Waals surface area contributed by atoms with Crippen LogP contribution in [-0.2, 0) is 10.0 Å². The van der Waals surface area contributed by atoms with Crippen LogP contribution in [0.5, 0.6) is 0 Å². The first-order chi connectivity index (χ1) is 7.50. The van der Waals surface area contributed by atoms with Crippen LogP contribution in [0.3, 0.4) is 0 Å². The van der Waals surface area contributed by atoms with Crippen molar-refractivity contribution in [1.29, 1.82) is 0 Å². The minimum absolute atomic E-state index is 0.278. The van der Waals surface area contributed by atoms with Gasteiger partial charge in [-0.05, 0) is 25.5 Å². The van der Waals surface area contributed by atoms with Gasteiger partial charge < -0.3 is 5.73 Å². The number of nitrogens with one attached hydrogen (secondary N) is 1. The number of sulfonamides is 1. The Morgan fingerprint density at radius 2 is 2.00 bits per heavy atom. The van der Waals surface area contributed by atoms with Gasteiger partial charge in [-0.2, -0.15) is 0 Å². The zero-order valence-corrected chi connectivity index (χ0v) is 9.87. The van der Waals surface area contributed by atoms with Gasteiger partial charge in [0.25, 0.3) is 10.0 Å². The van der Waals surface area contributed by atoms with Crippen molar-refractivity contribution in [3.8, 4) is 0 Å². The lowest BCUT2D eigenvalue weighted by Crippen LogP contribution is -2.43. The Morgan fingerprint density at radius 3 is 2.50 bits per heavy atom. The van der Waals surface area contributed by atoms with Crippen LogP contribution in [0, 0.1) is 6.92 Å². The summed E-state index contributed by atoms with van der Waals surface area (Å²) in [4.78, 5) is 0.291. The number of hydrogen-bond acceptors (Lipinski definition) is 4. The lowest BCUT2D eigenvalue weighted by Gasteiger charge is -2.16. The number of nitrogens with two attached hydrogens (primary N) is 1. The second kappa shape index (κ2) is 4.14. The third-order valence-corrected chi connectivity index (χ3v) is 4.30. The van der Waals surface area contributed by atoms with Crippen molar-refractivity contribution in [1.82, 2.24) is 9.84 Å². The lowest BCUT2D eigenvalue weighted by molar-refractivity contribution is 0.372. The molecule has 0 radical (unpaired) electrons. The van der Waals surface area contributed by atoms with Crippen molar-refractivity contribution in [2.45, 2.75) is 24.4 Å². The highest BCUT2D eigenvalue weighted by molar-refractivity contribution is 7.89. The second-order valence-corrected chi connectivity index (χ2v) is 5.78. The van der Waals surface area contributed by atoms with Gasteiger partial charge in [0, 0.05) is 6.54 Å². The Morgan fingerprint density at radius 1 is 1.38 bits per heavy atom. The Hall–Kier alpha value is -0.950. The fraction of sp³-hybridized carbons (Fsp3) is 0.400. The second-order valence-electron chi connectivity index (χ2n) is 3.91. The first-order valence-electron chi connectivity index (χ1n) is 5.11. The van der Waals surface area contributed by atoms with Crippen LogP contribution in [0.1, 0.15) is 12.0 Å². The van der Waals surface area contributed by atoms with Gasteiger partial charge in [0.05, 0.1) is 11.1 Å². The standard InChI is InChI=1S/C10H15N3O2S/c1-8-2-4-9(5-3-8)16(14,15)13-7-6-10(11)12-13/h2-5,10,12H,6-7,11H2,1H3. The number of hydrogen-bond donors (Lipinski definition) is 2. The Labute approximate surface area is 95.3 Å². The van der Waals surface area contributed by atoms with Crippen molar-refractivity contribution in [3.05, 3.63) is 29.8 Å². The van der Waals surface area contributed by atoms with E-state index in [9.17, 15) is 8.42 Å². The molecule has 1 aliphatic rings. The molecule has 1 heterocycles. The van der Waals surface area contributed by atoms with Crippen LogP contribution in [0.4, 0.5) is 0 Å². The van der Waals surface area contributed by atoms with Gasteiger partial charge in [-0.3, -0.25) is 0 Å². The zero-order valence-electron chi connectivity index (χ0n) is 9.05. The molecule has 0 bridgehead atoms. The maximum absolute atomic E-state index is 12.1. The summed E-state index contributed by atoms with van der Waals surface area (Å²) in [5.74, 6) is 0. The molecule has 88 valence electrons. The van der Waals surface area contributed by atoms with Crippen LogP contribution >= 0.6 is 0 Å². The molecule has 6 heteroatoms. The molecule has 0 spiro atoms. The molecule has 1 fully saturated rings. The highest BCUT2D eigenvalue weighted by Crippen LogP contribution is 2.17. The maximum Gasteiger partial charge on any atom is 0.255 e. The highest BCUT2D eigenvalue weighted by atomic mass is 32.2. The molecule has 1 aromatic rings. The summed E-state index contributed by atoms with van der Waals surface area (Å²) in [7, 11) is -3.45. The van der Waals surface area contributed by atoms with Gasteiger partial charge in [-0.1, -0.05) is 17.7 Å². The number of nitrogens with zero attached hydrogens (tertiary/aromatic N) is 1. The summed E-state index contributed by atoms with van der Waals surface area (Å²) >= 11 is 0. The van der Waals surface area contributed by atoms with Crippen LogP contribution in [0.25, 0.3) is 0 Å². The predicted molar refractivity (Wildman–Crippen MR) is 60.8 cm³/mol. The number of rotatable bonds is 2. The van der Waals surface area contributed by atoms with E-state index in [0.717, 1.165) is 5.56 Å². The molecule has 3 N–H and O–H groups in total.